The fraction of sp³-hybridized carbons (Fsp3) is 0.0323. The third-order valence-electron chi connectivity index (χ3n) is 13.4. The maximum atomic E-state index is 5.29. The number of nitrogens with zero attached hydrogens (tertiary/aromatic N) is 2. The topological polar surface area (TPSA) is 25.8 Å². The Bertz CT molecular complexity index is 3560. The summed E-state index contributed by atoms with van der Waals surface area (Å²) in [4.78, 5) is 10.5. The third-order valence-corrected chi connectivity index (χ3v) is 13.4. The van der Waals surface area contributed by atoms with Gasteiger partial charge in [-0.1, -0.05) is 200 Å². The van der Waals surface area contributed by atoms with Crippen LogP contribution in [0.4, 0.5) is 0 Å². The van der Waals surface area contributed by atoms with Gasteiger partial charge >= 0.3 is 0 Å². The zero-order valence-corrected chi connectivity index (χ0v) is 35.4. The van der Waals surface area contributed by atoms with E-state index in [0.29, 0.717) is 5.82 Å². The average molecular weight is 815 g/mol. The molecule has 1 unspecified atom stereocenters. The number of benzene rings is 10. The molecule has 0 amide bonds. The van der Waals surface area contributed by atoms with E-state index >= 15 is 0 Å². The van der Waals surface area contributed by atoms with Crippen LogP contribution in [0.2, 0.25) is 0 Å². The Morgan fingerprint density at radius 3 is 1.62 bits per heavy atom. The SMILES string of the molecule is CC1(c2ccccc2)c2ccccc2-c2ccc(-c3cc(-c4ccccc4)cc(-c4ccc(-c5cc(-c6ccc7ccccc7c6)nc(-c6ccccc6)n5)c5ccccc45)c3)cc21. The van der Waals surface area contributed by atoms with Crippen molar-refractivity contribution in [1.82, 2.24) is 9.97 Å². The second kappa shape index (κ2) is 15.3. The molecule has 1 aliphatic rings. The maximum absolute atomic E-state index is 5.29. The second-order valence-corrected chi connectivity index (χ2v) is 17.1. The molecule has 0 aliphatic heterocycles. The normalized spacial score (nSPS) is 14.1. The highest BCUT2D eigenvalue weighted by molar-refractivity contribution is 6.05. The Balaban J connectivity index is 1.03. The molecule has 11 aromatic rings. The summed E-state index contributed by atoms with van der Waals surface area (Å²) in [5, 5.41) is 4.70. The molecule has 0 saturated carbocycles. The molecule has 300 valence electrons. The van der Waals surface area contributed by atoms with Crippen molar-refractivity contribution in [2.75, 3.05) is 0 Å². The Kier molecular flexibility index (Phi) is 8.98. The van der Waals surface area contributed by atoms with Crippen LogP contribution in [0, 0.1) is 0 Å². The molecule has 0 spiro atoms. The lowest BCUT2D eigenvalue weighted by Gasteiger charge is -2.28. The summed E-state index contributed by atoms with van der Waals surface area (Å²) in [6, 6.07) is 85.7. The molecule has 12 rings (SSSR count). The van der Waals surface area contributed by atoms with E-state index in [4.69, 9.17) is 9.97 Å². The number of hydrogen-bond acceptors (Lipinski definition) is 2. The first-order chi connectivity index (χ1) is 31.6. The Hall–Kier alpha value is -8.20. The van der Waals surface area contributed by atoms with Crippen molar-refractivity contribution in [3.8, 4) is 78.4 Å². The van der Waals surface area contributed by atoms with Crippen LogP contribution in [0.1, 0.15) is 23.6 Å². The van der Waals surface area contributed by atoms with Crippen molar-refractivity contribution < 1.29 is 0 Å². The molecular formula is C62H42N2. The highest BCUT2D eigenvalue weighted by Gasteiger charge is 2.40. The number of fused-ring (bicyclic) bond motifs is 5. The van der Waals surface area contributed by atoms with Crippen molar-refractivity contribution in [2.45, 2.75) is 12.3 Å². The third kappa shape index (κ3) is 6.34. The number of hydrogen-bond donors (Lipinski definition) is 0. The van der Waals surface area contributed by atoms with Crippen LogP contribution in [-0.2, 0) is 5.41 Å². The summed E-state index contributed by atoms with van der Waals surface area (Å²) < 4.78 is 0. The monoisotopic (exact) mass is 814 g/mol. The van der Waals surface area contributed by atoms with Crippen molar-refractivity contribution in [2.24, 2.45) is 0 Å². The van der Waals surface area contributed by atoms with E-state index < -0.39 is 0 Å². The molecule has 64 heavy (non-hydrogen) atoms. The quantitative estimate of drug-likeness (QED) is 0.160. The van der Waals surface area contributed by atoms with Crippen LogP contribution < -0.4 is 0 Å². The van der Waals surface area contributed by atoms with E-state index in [9.17, 15) is 0 Å². The van der Waals surface area contributed by atoms with Gasteiger partial charge in [-0.15, -0.1) is 0 Å². The first kappa shape index (κ1) is 37.6. The Labute approximate surface area is 373 Å². The smallest absolute Gasteiger partial charge is 0.160 e. The van der Waals surface area contributed by atoms with Gasteiger partial charge in [0.15, 0.2) is 5.82 Å². The predicted molar refractivity (Wildman–Crippen MR) is 267 cm³/mol. The minimum atomic E-state index is -0.287. The van der Waals surface area contributed by atoms with E-state index in [1.165, 1.54) is 77.4 Å². The summed E-state index contributed by atoms with van der Waals surface area (Å²) >= 11 is 0. The van der Waals surface area contributed by atoms with Crippen molar-refractivity contribution in [3.05, 3.63) is 253 Å². The van der Waals surface area contributed by atoms with Crippen LogP contribution in [0.3, 0.4) is 0 Å². The van der Waals surface area contributed by atoms with Gasteiger partial charge in [-0.2, -0.15) is 0 Å². The van der Waals surface area contributed by atoms with Crippen molar-refractivity contribution in [3.63, 3.8) is 0 Å². The van der Waals surface area contributed by atoms with Gasteiger partial charge in [0.25, 0.3) is 0 Å². The first-order valence-electron chi connectivity index (χ1n) is 22.1. The van der Waals surface area contributed by atoms with Gasteiger partial charge in [0.1, 0.15) is 0 Å². The van der Waals surface area contributed by atoms with Gasteiger partial charge in [-0.3, -0.25) is 0 Å². The minimum Gasteiger partial charge on any atom is -0.228 e. The molecule has 10 aromatic carbocycles. The summed E-state index contributed by atoms with van der Waals surface area (Å²) in [6.07, 6.45) is 0. The molecule has 1 aliphatic carbocycles. The molecule has 2 heteroatoms. The van der Waals surface area contributed by atoms with Gasteiger partial charge in [-0.25, -0.2) is 9.97 Å². The molecule has 0 bridgehead atoms. The van der Waals surface area contributed by atoms with E-state index in [2.05, 4.69) is 225 Å². The van der Waals surface area contributed by atoms with Gasteiger partial charge in [0.2, 0.25) is 0 Å². The first-order valence-corrected chi connectivity index (χ1v) is 22.1. The fourth-order valence-corrected chi connectivity index (χ4v) is 10.1. The van der Waals surface area contributed by atoms with Crippen LogP contribution in [0.25, 0.3) is 100.0 Å². The summed E-state index contributed by atoms with van der Waals surface area (Å²) in [7, 11) is 0. The molecule has 0 radical (unpaired) electrons. The molecule has 2 nitrogen and oxygen atoms in total. The molecule has 0 fully saturated rings. The Morgan fingerprint density at radius 1 is 0.297 bits per heavy atom. The van der Waals surface area contributed by atoms with Gasteiger partial charge in [0, 0.05) is 22.1 Å². The van der Waals surface area contributed by atoms with Gasteiger partial charge in [0.05, 0.1) is 11.4 Å². The lowest BCUT2D eigenvalue weighted by Crippen LogP contribution is -2.22. The molecule has 1 aromatic heterocycles. The zero-order valence-electron chi connectivity index (χ0n) is 35.4. The van der Waals surface area contributed by atoms with Crippen LogP contribution in [-0.4, -0.2) is 9.97 Å². The lowest BCUT2D eigenvalue weighted by atomic mass is 9.74. The molecule has 0 saturated heterocycles. The van der Waals surface area contributed by atoms with Crippen molar-refractivity contribution >= 4 is 21.5 Å². The lowest BCUT2D eigenvalue weighted by molar-refractivity contribution is 0.714. The second-order valence-electron chi connectivity index (χ2n) is 17.1. The Morgan fingerprint density at radius 2 is 0.844 bits per heavy atom. The van der Waals surface area contributed by atoms with E-state index in [1.54, 1.807) is 0 Å². The predicted octanol–water partition coefficient (Wildman–Crippen LogP) is 16.1. The standard InChI is InChI=1S/C62H42N2/c1-62(50-23-9-4-10-24-50)57-28-16-15-27-54(57)55-32-31-45(39-58(55)62)48-36-47(41-17-5-2-6-18-41)37-49(38-48)51-33-34-56(53-26-14-13-25-52(51)53)60-40-59(63-61(64-60)43-20-7-3-8-21-43)46-30-29-42-19-11-12-22-44(42)35-46/h2-40H,1H3. The maximum Gasteiger partial charge on any atom is 0.160 e. The van der Waals surface area contributed by atoms with Crippen LogP contribution >= 0.6 is 0 Å². The highest BCUT2D eigenvalue weighted by atomic mass is 14.9. The number of rotatable bonds is 7. The van der Waals surface area contributed by atoms with E-state index in [0.717, 1.165) is 33.5 Å². The van der Waals surface area contributed by atoms with Gasteiger partial charge < -0.3 is 0 Å². The summed E-state index contributed by atoms with van der Waals surface area (Å²) in [6.45, 7) is 2.39. The van der Waals surface area contributed by atoms with Gasteiger partial charge in [-0.05, 0) is 126 Å². The van der Waals surface area contributed by atoms with Crippen LogP contribution in [0.15, 0.2) is 237 Å². The summed E-state index contributed by atoms with van der Waals surface area (Å²) in [5.74, 6) is 0.704. The average Bonchev–Trinajstić information content (AvgIpc) is 3.64. The number of aromatic nitrogens is 2. The van der Waals surface area contributed by atoms with E-state index in [1.807, 2.05) is 18.2 Å². The fourth-order valence-electron chi connectivity index (χ4n) is 10.1. The van der Waals surface area contributed by atoms with Crippen molar-refractivity contribution in [1.29, 1.82) is 0 Å². The summed E-state index contributed by atoms with van der Waals surface area (Å²) in [5.41, 5.74) is 18.3. The molecule has 1 atom stereocenters. The minimum absolute atomic E-state index is 0.287. The molecule has 1 heterocycles. The largest absolute Gasteiger partial charge is 0.228 e. The zero-order chi connectivity index (χ0) is 42.6. The molecular weight excluding hydrogens is 773 g/mol. The highest BCUT2D eigenvalue weighted by Crippen LogP contribution is 2.53. The van der Waals surface area contributed by atoms with Crippen LogP contribution in [0.5, 0.6) is 0 Å². The van der Waals surface area contributed by atoms with E-state index in [-0.39, 0.29) is 5.41 Å². The molecule has 0 N–H and O–H groups in total.